The molecule has 0 saturated carbocycles. The Morgan fingerprint density at radius 2 is 2.06 bits per heavy atom. The Morgan fingerprint density at radius 1 is 1.39 bits per heavy atom. The summed E-state index contributed by atoms with van der Waals surface area (Å²) < 4.78 is 5.12. The minimum atomic E-state index is -0.863. The lowest BCUT2D eigenvalue weighted by atomic mass is 10.0. The fourth-order valence-corrected chi connectivity index (χ4v) is 1.96. The Kier molecular flexibility index (Phi) is 6.39. The van der Waals surface area contributed by atoms with Crippen molar-refractivity contribution in [3.05, 3.63) is 35.9 Å². The van der Waals surface area contributed by atoms with Crippen LogP contribution in [0.4, 0.5) is 0 Å². The Bertz CT molecular complexity index is 347. The highest BCUT2D eigenvalue weighted by atomic mass is 16.5. The van der Waals surface area contributed by atoms with Crippen LogP contribution in [0, 0.1) is 0 Å². The molecule has 2 atom stereocenters. The summed E-state index contributed by atoms with van der Waals surface area (Å²) in [5, 5.41) is 12.5. The first-order valence-electron chi connectivity index (χ1n) is 6.21. The molecule has 2 N–H and O–H groups in total. The van der Waals surface area contributed by atoms with Gasteiger partial charge in [-0.05, 0) is 12.0 Å². The molecule has 0 spiro atoms. The number of carboxylic acids is 1. The van der Waals surface area contributed by atoms with E-state index >= 15 is 0 Å². The Morgan fingerprint density at radius 3 is 2.56 bits per heavy atom. The second-order valence-corrected chi connectivity index (χ2v) is 4.29. The third-order valence-corrected chi connectivity index (χ3v) is 2.79. The molecular formula is C14H21NO3. The molecule has 0 amide bonds. The van der Waals surface area contributed by atoms with Gasteiger partial charge >= 0.3 is 5.97 Å². The van der Waals surface area contributed by atoms with Gasteiger partial charge in [-0.15, -0.1) is 0 Å². The zero-order valence-corrected chi connectivity index (χ0v) is 10.9. The normalized spacial score (nSPS) is 14.1. The lowest BCUT2D eigenvalue weighted by Gasteiger charge is -2.22. The lowest BCUT2D eigenvalue weighted by molar-refractivity contribution is -0.140. The van der Waals surface area contributed by atoms with Crippen molar-refractivity contribution >= 4 is 5.97 Å². The van der Waals surface area contributed by atoms with Crippen LogP contribution >= 0.6 is 0 Å². The third-order valence-electron chi connectivity index (χ3n) is 2.79. The van der Waals surface area contributed by atoms with Crippen molar-refractivity contribution in [2.75, 3.05) is 13.7 Å². The van der Waals surface area contributed by atoms with E-state index in [0.29, 0.717) is 6.61 Å². The molecule has 0 radical (unpaired) electrons. The maximum absolute atomic E-state index is 11.3. The minimum absolute atomic E-state index is 0.0568. The molecule has 0 heterocycles. The van der Waals surface area contributed by atoms with Crippen LogP contribution in [-0.2, 0) is 9.53 Å². The van der Waals surface area contributed by atoms with E-state index in [0.717, 1.165) is 18.4 Å². The highest BCUT2D eigenvalue weighted by Crippen LogP contribution is 2.15. The van der Waals surface area contributed by atoms with Gasteiger partial charge in [0.2, 0.25) is 0 Å². The SMILES string of the molecule is CCCC(COC)NC(C(=O)O)c1ccccc1. The summed E-state index contributed by atoms with van der Waals surface area (Å²) in [5.74, 6) is -0.863. The highest BCUT2D eigenvalue weighted by Gasteiger charge is 2.22. The zero-order chi connectivity index (χ0) is 13.4. The first-order chi connectivity index (χ1) is 8.69. The molecule has 0 aromatic heterocycles. The van der Waals surface area contributed by atoms with Crippen LogP contribution in [0.2, 0.25) is 0 Å². The van der Waals surface area contributed by atoms with Crippen LogP contribution in [0.5, 0.6) is 0 Å². The van der Waals surface area contributed by atoms with Crippen molar-refractivity contribution in [1.82, 2.24) is 5.32 Å². The number of methoxy groups -OCH3 is 1. The largest absolute Gasteiger partial charge is 0.480 e. The second-order valence-electron chi connectivity index (χ2n) is 4.29. The molecule has 100 valence electrons. The molecule has 0 saturated heterocycles. The van der Waals surface area contributed by atoms with Crippen molar-refractivity contribution in [2.45, 2.75) is 31.8 Å². The molecule has 0 aliphatic rings. The van der Waals surface area contributed by atoms with Crippen molar-refractivity contribution in [3.8, 4) is 0 Å². The van der Waals surface area contributed by atoms with Gasteiger partial charge in [-0.1, -0.05) is 43.7 Å². The van der Waals surface area contributed by atoms with E-state index in [2.05, 4.69) is 12.2 Å². The predicted octanol–water partition coefficient (Wildman–Crippen LogP) is 2.22. The molecule has 2 unspecified atom stereocenters. The van der Waals surface area contributed by atoms with Crippen molar-refractivity contribution in [1.29, 1.82) is 0 Å². The van der Waals surface area contributed by atoms with Gasteiger partial charge in [0.05, 0.1) is 6.61 Å². The van der Waals surface area contributed by atoms with Gasteiger partial charge in [-0.2, -0.15) is 0 Å². The first-order valence-corrected chi connectivity index (χ1v) is 6.21. The maximum Gasteiger partial charge on any atom is 0.325 e. The molecule has 0 aliphatic carbocycles. The number of ether oxygens (including phenoxy) is 1. The van der Waals surface area contributed by atoms with Gasteiger partial charge in [0.1, 0.15) is 6.04 Å². The fraction of sp³-hybridized carbons (Fsp3) is 0.500. The summed E-state index contributed by atoms with van der Waals surface area (Å²) in [6.45, 7) is 2.59. The number of aliphatic carboxylic acids is 1. The van der Waals surface area contributed by atoms with Crippen molar-refractivity contribution in [2.24, 2.45) is 0 Å². The topological polar surface area (TPSA) is 58.6 Å². The molecule has 1 aromatic carbocycles. The highest BCUT2D eigenvalue weighted by molar-refractivity contribution is 5.75. The van der Waals surface area contributed by atoms with Crippen LogP contribution in [0.3, 0.4) is 0 Å². The van der Waals surface area contributed by atoms with E-state index in [1.807, 2.05) is 30.3 Å². The lowest BCUT2D eigenvalue weighted by Crippen LogP contribution is -2.39. The summed E-state index contributed by atoms with van der Waals surface area (Å²) in [7, 11) is 1.63. The van der Waals surface area contributed by atoms with Gasteiger partial charge in [0, 0.05) is 13.2 Å². The smallest absolute Gasteiger partial charge is 0.325 e. The van der Waals surface area contributed by atoms with Crippen molar-refractivity contribution < 1.29 is 14.6 Å². The molecular weight excluding hydrogens is 230 g/mol. The number of carbonyl (C=O) groups is 1. The Hall–Kier alpha value is -1.39. The fourth-order valence-electron chi connectivity index (χ4n) is 1.96. The number of hydrogen-bond donors (Lipinski definition) is 2. The molecule has 4 heteroatoms. The summed E-state index contributed by atoms with van der Waals surface area (Å²) in [5.41, 5.74) is 0.766. The van der Waals surface area contributed by atoms with Gasteiger partial charge < -0.3 is 9.84 Å². The number of nitrogens with one attached hydrogen (secondary N) is 1. The average Bonchev–Trinajstić information content (AvgIpc) is 2.37. The second kappa shape index (κ2) is 7.84. The van der Waals surface area contributed by atoms with E-state index in [9.17, 15) is 9.90 Å². The van der Waals surface area contributed by atoms with E-state index in [-0.39, 0.29) is 6.04 Å². The quantitative estimate of drug-likeness (QED) is 0.743. The van der Waals surface area contributed by atoms with Crippen LogP contribution in [0.15, 0.2) is 30.3 Å². The monoisotopic (exact) mass is 251 g/mol. The number of hydrogen-bond acceptors (Lipinski definition) is 3. The predicted molar refractivity (Wildman–Crippen MR) is 70.5 cm³/mol. The van der Waals surface area contributed by atoms with Gasteiger partial charge in [-0.25, -0.2) is 0 Å². The Balaban J connectivity index is 2.76. The third kappa shape index (κ3) is 4.47. The number of rotatable bonds is 8. The summed E-state index contributed by atoms with van der Waals surface area (Å²) in [6.07, 6.45) is 1.88. The summed E-state index contributed by atoms with van der Waals surface area (Å²) in [4.78, 5) is 11.3. The van der Waals surface area contributed by atoms with Crippen LogP contribution < -0.4 is 5.32 Å². The standard InChI is InChI=1S/C14H21NO3/c1-3-7-12(10-18-2)15-13(14(16)17)11-8-5-4-6-9-11/h4-6,8-9,12-13,15H,3,7,10H2,1-2H3,(H,16,17). The van der Waals surface area contributed by atoms with Crippen LogP contribution in [0.1, 0.15) is 31.4 Å². The summed E-state index contributed by atoms with van der Waals surface area (Å²) in [6, 6.07) is 8.58. The molecule has 0 bridgehead atoms. The number of carboxylic acid groups (broad SMARTS) is 1. The Labute approximate surface area is 108 Å². The van der Waals surface area contributed by atoms with Crippen LogP contribution in [0.25, 0.3) is 0 Å². The van der Waals surface area contributed by atoms with Gasteiger partial charge in [-0.3, -0.25) is 10.1 Å². The van der Waals surface area contributed by atoms with E-state index in [1.54, 1.807) is 7.11 Å². The average molecular weight is 251 g/mol. The molecule has 1 rings (SSSR count). The first kappa shape index (κ1) is 14.7. The van der Waals surface area contributed by atoms with Crippen LogP contribution in [-0.4, -0.2) is 30.8 Å². The van der Waals surface area contributed by atoms with E-state index in [4.69, 9.17) is 4.74 Å². The van der Waals surface area contributed by atoms with Crippen molar-refractivity contribution in [3.63, 3.8) is 0 Å². The molecule has 0 aliphatic heterocycles. The molecule has 4 nitrogen and oxygen atoms in total. The van der Waals surface area contributed by atoms with E-state index < -0.39 is 12.0 Å². The zero-order valence-electron chi connectivity index (χ0n) is 10.9. The minimum Gasteiger partial charge on any atom is -0.480 e. The molecule has 0 fully saturated rings. The molecule has 1 aromatic rings. The van der Waals surface area contributed by atoms with E-state index in [1.165, 1.54) is 0 Å². The van der Waals surface area contributed by atoms with Gasteiger partial charge in [0.25, 0.3) is 0 Å². The summed E-state index contributed by atoms with van der Waals surface area (Å²) >= 11 is 0. The number of benzene rings is 1. The maximum atomic E-state index is 11.3. The molecule has 18 heavy (non-hydrogen) atoms. The van der Waals surface area contributed by atoms with Gasteiger partial charge in [0.15, 0.2) is 0 Å².